The minimum Gasteiger partial charge on any atom is -0.350 e. The highest BCUT2D eigenvalue weighted by Gasteiger charge is 2.42. The van der Waals surface area contributed by atoms with E-state index >= 15 is 0 Å². The van der Waals surface area contributed by atoms with Crippen LogP contribution in [0.5, 0.6) is 0 Å². The van der Waals surface area contributed by atoms with Crippen molar-refractivity contribution in [1.82, 2.24) is 29.9 Å². The van der Waals surface area contributed by atoms with Gasteiger partial charge in [0.15, 0.2) is 11.4 Å². The number of carbonyl (C=O) groups excluding carboxylic acids is 1. The highest BCUT2D eigenvalue weighted by Crippen LogP contribution is 2.32. The highest BCUT2D eigenvalue weighted by molar-refractivity contribution is 5.93. The molecule has 3 rings (SSSR count). The van der Waals surface area contributed by atoms with Crippen LogP contribution in [0.2, 0.25) is 0 Å². The molecule has 154 valence electrons. The number of benzene rings is 1. The van der Waals surface area contributed by atoms with Crippen LogP contribution in [-0.4, -0.2) is 37.0 Å². The largest absolute Gasteiger partial charge is 0.435 e. The zero-order valence-electron chi connectivity index (χ0n) is 14.4. The average molecular weight is 418 g/mol. The SMILES string of the molecule is O=C(NCCc1nccn1C(F)F)c1nnn(-c2cccc(F)c2)c1C(F)(F)F. The Morgan fingerprint density at radius 1 is 1.24 bits per heavy atom. The maximum Gasteiger partial charge on any atom is 0.435 e. The van der Waals surface area contributed by atoms with Crippen molar-refractivity contribution in [2.75, 3.05) is 6.54 Å². The summed E-state index contributed by atoms with van der Waals surface area (Å²) in [5.74, 6) is -2.07. The molecular weight excluding hydrogens is 406 g/mol. The topological polar surface area (TPSA) is 77.6 Å². The van der Waals surface area contributed by atoms with Crippen molar-refractivity contribution in [1.29, 1.82) is 0 Å². The van der Waals surface area contributed by atoms with Gasteiger partial charge in [0.1, 0.15) is 11.6 Å². The standard InChI is InChI=1S/C16H12F6N6O/c17-9-2-1-3-10(8-9)28-13(16(20,21)22)12(25-26-28)14(29)24-5-4-11-23-6-7-27(11)15(18)19/h1-3,6-8,15H,4-5H2,(H,24,29). The van der Waals surface area contributed by atoms with Gasteiger partial charge in [-0.3, -0.25) is 9.36 Å². The fourth-order valence-electron chi connectivity index (χ4n) is 2.56. The summed E-state index contributed by atoms with van der Waals surface area (Å²) in [6.45, 7) is -3.11. The number of alkyl halides is 5. The molecule has 0 unspecified atom stereocenters. The molecule has 7 nitrogen and oxygen atoms in total. The molecule has 1 N–H and O–H groups in total. The van der Waals surface area contributed by atoms with Gasteiger partial charge >= 0.3 is 12.7 Å². The number of hydrogen-bond acceptors (Lipinski definition) is 4. The van der Waals surface area contributed by atoms with Crippen LogP contribution in [0, 0.1) is 5.82 Å². The predicted octanol–water partition coefficient (Wildman–Crippen LogP) is 2.99. The van der Waals surface area contributed by atoms with E-state index in [9.17, 15) is 31.1 Å². The minimum absolute atomic E-state index is 0.0558. The lowest BCUT2D eigenvalue weighted by Gasteiger charge is -2.11. The molecule has 0 aliphatic heterocycles. The van der Waals surface area contributed by atoms with E-state index < -0.39 is 35.8 Å². The molecule has 0 bridgehead atoms. The van der Waals surface area contributed by atoms with Gasteiger partial charge in [-0.1, -0.05) is 11.3 Å². The monoisotopic (exact) mass is 418 g/mol. The molecule has 2 aromatic heterocycles. The number of hydrogen-bond donors (Lipinski definition) is 1. The van der Waals surface area contributed by atoms with E-state index in [0.29, 0.717) is 9.25 Å². The first kappa shape index (κ1) is 20.4. The maximum atomic E-state index is 13.5. The first-order valence-corrected chi connectivity index (χ1v) is 8.05. The normalized spacial score (nSPS) is 11.8. The lowest BCUT2D eigenvalue weighted by Crippen LogP contribution is -2.29. The first-order valence-electron chi connectivity index (χ1n) is 8.05. The van der Waals surface area contributed by atoms with E-state index in [1.807, 2.05) is 0 Å². The van der Waals surface area contributed by atoms with Crippen molar-refractivity contribution in [3.63, 3.8) is 0 Å². The molecule has 3 aromatic rings. The molecule has 0 aliphatic carbocycles. The number of halogens is 6. The van der Waals surface area contributed by atoms with Gasteiger partial charge in [-0.2, -0.15) is 22.0 Å². The van der Waals surface area contributed by atoms with E-state index in [2.05, 4.69) is 20.6 Å². The van der Waals surface area contributed by atoms with Gasteiger partial charge in [-0.25, -0.2) is 14.1 Å². The molecule has 1 amide bonds. The average Bonchev–Trinajstić information content (AvgIpc) is 3.28. The van der Waals surface area contributed by atoms with Crippen molar-refractivity contribution in [2.45, 2.75) is 19.1 Å². The third-order valence-corrected chi connectivity index (χ3v) is 3.80. The van der Waals surface area contributed by atoms with Crippen molar-refractivity contribution in [3.05, 3.63) is 59.7 Å². The minimum atomic E-state index is -5.02. The van der Waals surface area contributed by atoms with E-state index in [-0.39, 0.29) is 24.5 Å². The second-order valence-electron chi connectivity index (χ2n) is 5.71. The van der Waals surface area contributed by atoms with Crippen LogP contribution in [0.15, 0.2) is 36.7 Å². The Morgan fingerprint density at radius 3 is 2.66 bits per heavy atom. The predicted molar refractivity (Wildman–Crippen MR) is 85.8 cm³/mol. The lowest BCUT2D eigenvalue weighted by atomic mass is 10.2. The fraction of sp³-hybridized carbons (Fsp3) is 0.250. The molecular formula is C16H12F6N6O. The Hall–Kier alpha value is -3.38. The summed E-state index contributed by atoms with van der Waals surface area (Å²) in [4.78, 5) is 15.9. The Kier molecular flexibility index (Phi) is 5.57. The second-order valence-corrected chi connectivity index (χ2v) is 5.71. The zero-order valence-corrected chi connectivity index (χ0v) is 14.4. The Balaban J connectivity index is 1.81. The van der Waals surface area contributed by atoms with Crippen LogP contribution in [0.25, 0.3) is 5.69 Å². The summed E-state index contributed by atoms with van der Waals surface area (Å²) < 4.78 is 80.2. The Labute approximate surface area is 159 Å². The van der Waals surface area contributed by atoms with Gasteiger partial charge in [-0.05, 0) is 18.2 Å². The number of nitrogens with zero attached hydrogens (tertiary/aromatic N) is 5. The molecule has 29 heavy (non-hydrogen) atoms. The summed E-state index contributed by atoms with van der Waals surface area (Å²) >= 11 is 0. The van der Waals surface area contributed by atoms with Gasteiger partial charge in [0.05, 0.1) is 5.69 Å². The van der Waals surface area contributed by atoms with Gasteiger partial charge in [0, 0.05) is 25.4 Å². The van der Waals surface area contributed by atoms with Crippen molar-refractivity contribution in [3.8, 4) is 5.69 Å². The van der Waals surface area contributed by atoms with Gasteiger partial charge in [-0.15, -0.1) is 5.10 Å². The molecule has 0 fully saturated rings. The quantitative estimate of drug-likeness (QED) is 0.625. The number of nitrogens with one attached hydrogen (secondary N) is 1. The maximum absolute atomic E-state index is 13.5. The van der Waals surface area contributed by atoms with Crippen LogP contribution >= 0.6 is 0 Å². The molecule has 0 atom stereocenters. The van der Waals surface area contributed by atoms with E-state index in [1.54, 1.807) is 0 Å². The smallest absolute Gasteiger partial charge is 0.350 e. The number of aromatic nitrogens is 5. The van der Waals surface area contributed by atoms with E-state index in [4.69, 9.17) is 0 Å². The molecule has 0 saturated carbocycles. The zero-order chi connectivity index (χ0) is 21.2. The van der Waals surface area contributed by atoms with Crippen LogP contribution in [0.3, 0.4) is 0 Å². The molecule has 1 aromatic carbocycles. The number of carbonyl (C=O) groups is 1. The molecule has 0 radical (unpaired) electrons. The Morgan fingerprint density at radius 2 is 2.00 bits per heavy atom. The van der Waals surface area contributed by atoms with Crippen LogP contribution in [0.1, 0.15) is 28.6 Å². The third-order valence-electron chi connectivity index (χ3n) is 3.80. The molecule has 0 aliphatic rings. The lowest BCUT2D eigenvalue weighted by molar-refractivity contribution is -0.143. The number of rotatable bonds is 6. The summed E-state index contributed by atoms with van der Waals surface area (Å²) in [6.07, 6.45) is -3.00. The fourth-order valence-corrected chi connectivity index (χ4v) is 2.56. The van der Waals surface area contributed by atoms with Crippen molar-refractivity contribution < 1.29 is 31.1 Å². The third kappa shape index (κ3) is 4.38. The Bertz CT molecular complexity index is 1010. The van der Waals surface area contributed by atoms with Crippen LogP contribution in [0.4, 0.5) is 26.3 Å². The summed E-state index contributed by atoms with van der Waals surface area (Å²) in [6, 6.07) is 4.18. The van der Waals surface area contributed by atoms with Crippen molar-refractivity contribution in [2.24, 2.45) is 0 Å². The van der Waals surface area contributed by atoms with Crippen LogP contribution in [-0.2, 0) is 12.6 Å². The second kappa shape index (κ2) is 7.93. The first-order chi connectivity index (χ1) is 13.7. The number of amides is 1. The van der Waals surface area contributed by atoms with Crippen LogP contribution < -0.4 is 5.32 Å². The summed E-state index contributed by atoms with van der Waals surface area (Å²) in [5, 5.41) is 8.75. The van der Waals surface area contributed by atoms with E-state index in [0.717, 1.165) is 24.5 Å². The highest BCUT2D eigenvalue weighted by atomic mass is 19.4. The number of imidazole rings is 1. The summed E-state index contributed by atoms with van der Waals surface area (Å²) in [7, 11) is 0. The van der Waals surface area contributed by atoms with Gasteiger partial charge < -0.3 is 5.32 Å². The molecule has 13 heteroatoms. The van der Waals surface area contributed by atoms with Gasteiger partial charge in [0.25, 0.3) is 5.91 Å². The molecule has 0 saturated heterocycles. The van der Waals surface area contributed by atoms with Crippen molar-refractivity contribution >= 4 is 5.91 Å². The molecule has 0 spiro atoms. The summed E-state index contributed by atoms with van der Waals surface area (Å²) in [5.41, 5.74) is -2.79. The molecule has 2 heterocycles. The van der Waals surface area contributed by atoms with Gasteiger partial charge in [0.2, 0.25) is 0 Å². The van der Waals surface area contributed by atoms with E-state index in [1.165, 1.54) is 12.1 Å².